The first-order valence-corrected chi connectivity index (χ1v) is 8.21. The number of methoxy groups -OCH3 is 1. The lowest BCUT2D eigenvalue weighted by molar-refractivity contribution is -0.123. The van der Waals surface area contributed by atoms with Crippen LogP contribution in [0, 0.1) is 6.92 Å². The Kier molecular flexibility index (Phi) is 6.63. The maximum Gasteiger partial charge on any atom is 0.277 e. The van der Waals surface area contributed by atoms with Gasteiger partial charge in [-0.1, -0.05) is 11.6 Å². The zero-order chi connectivity index (χ0) is 17.5. The summed E-state index contributed by atoms with van der Waals surface area (Å²) in [5.41, 5.74) is 4.26. The average Bonchev–Trinajstić information content (AvgIpc) is 2.54. The minimum atomic E-state index is -0.363. The standard InChI is InChI=1S/C17H16BrClN2O3/c1-11-7-12(3-5-15(11)23-2)9-20-21-17(22)10-24-16-6-4-13(19)8-14(16)18/h3-9H,10H2,1-2H3,(H,21,22)/b20-9+. The molecule has 1 N–H and O–H groups in total. The fraction of sp³-hybridized carbons (Fsp3) is 0.176. The van der Waals surface area contributed by atoms with E-state index in [9.17, 15) is 4.79 Å². The first kappa shape index (κ1) is 18.3. The van der Waals surface area contributed by atoms with Gasteiger partial charge in [-0.25, -0.2) is 5.43 Å². The van der Waals surface area contributed by atoms with Crippen molar-refractivity contribution < 1.29 is 14.3 Å². The predicted octanol–water partition coefficient (Wildman–Crippen LogP) is 3.95. The number of aryl methyl sites for hydroxylation is 1. The molecule has 0 bridgehead atoms. The maximum atomic E-state index is 11.7. The number of carbonyl (C=O) groups excluding carboxylic acids is 1. The van der Waals surface area contributed by atoms with Crippen LogP contribution in [0.25, 0.3) is 0 Å². The molecule has 0 saturated carbocycles. The van der Waals surface area contributed by atoms with Gasteiger partial charge in [-0.15, -0.1) is 0 Å². The number of nitrogens with zero attached hydrogens (tertiary/aromatic N) is 1. The highest BCUT2D eigenvalue weighted by Crippen LogP contribution is 2.27. The van der Waals surface area contributed by atoms with Gasteiger partial charge in [0.05, 0.1) is 17.8 Å². The van der Waals surface area contributed by atoms with Gasteiger partial charge in [-0.05, 0) is 70.4 Å². The summed E-state index contributed by atoms with van der Waals surface area (Å²) >= 11 is 9.16. The third-order valence-electron chi connectivity index (χ3n) is 3.07. The molecule has 2 aromatic carbocycles. The van der Waals surface area contributed by atoms with Crippen molar-refractivity contribution in [1.82, 2.24) is 5.43 Å². The molecule has 0 fully saturated rings. The zero-order valence-corrected chi connectivity index (χ0v) is 15.5. The van der Waals surface area contributed by atoms with Crippen molar-refractivity contribution in [3.05, 3.63) is 57.0 Å². The number of amides is 1. The number of nitrogens with one attached hydrogen (secondary N) is 1. The van der Waals surface area contributed by atoms with E-state index in [1.807, 2.05) is 25.1 Å². The smallest absolute Gasteiger partial charge is 0.277 e. The summed E-state index contributed by atoms with van der Waals surface area (Å²) in [5.74, 6) is 0.973. The molecule has 0 radical (unpaired) electrons. The fourth-order valence-electron chi connectivity index (χ4n) is 1.93. The van der Waals surface area contributed by atoms with Gasteiger partial charge in [0.15, 0.2) is 6.61 Å². The monoisotopic (exact) mass is 410 g/mol. The number of benzene rings is 2. The zero-order valence-electron chi connectivity index (χ0n) is 13.2. The Labute approximate surface area is 153 Å². The summed E-state index contributed by atoms with van der Waals surface area (Å²) in [6.07, 6.45) is 1.56. The second kappa shape index (κ2) is 8.70. The summed E-state index contributed by atoms with van der Waals surface area (Å²) in [6, 6.07) is 10.7. The summed E-state index contributed by atoms with van der Waals surface area (Å²) in [6.45, 7) is 1.78. The van der Waals surface area contributed by atoms with Gasteiger partial charge in [0.1, 0.15) is 11.5 Å². The van der Waals surface area contributed by atoms with E-state index in [1.165, 1.54) is 0 Å². The molecular weight excluding hydrogens is 396 g/mol. The van der Waals surface area contributed by atoms with Crippen molar-refractivity contribution in [3.63, 3.8) is 0 Å². The third kappa shape index (κ3) is 5.25. The molecule has 5 nitrogen and oxygen atoms in total. The first-order chi connectivity index (χ1) is 11.5. The van der Waals surface area contributed by atoms with Crippen molar-refractivity contribution in [2.24, 2.45) is 5.10 Å². The van der Waals surface area contributed by atoms with E-state index in [4.69, 9.17) is 21.1 Å². The van der Waals surface area contributed by atoms with Crippen LogP contribution < -0.4 is 14.9 Å². The fourth-order valence-corrected chi connectivity index (χ4v) is 2.73. The highest BCUT2D eigenvalue weighted by Gasteiger charge is 2.05. The van der Waals surface area contributed by atoms with Gasteiger partial charge < -0.3 is 9.47 Å². The number of ether oxygens (including phenoxy) is 2. The Morgan fingerprint density at radius 2 is 2.04 bits per heavy atom. The van der Waals surface area contributed by atoms with Crippen LogP contribution >= 0.6 is 27.5 Å². The molecule has 7 heteroatoms. The van der Waals surface area contributed by atoms with E-state index in [-0.39, 0.29) is 12.5 Å². The van der Waals surface area contributed by atoms with E-state index in [1.54, 1.807) is 31.5 Å². The van der Waals surface area contributed by atoms with Gasteiger partial charge in [-0.3, -0.25) is 4.79 Å². The Morgan fingerprint density at radius 3 is 2.71 bits per heavy atom. The molecule has 126 valence electrons. The summed E-state index contributed by atoms with van der Waals surface area (Å²) in [5, 5.41) is 4.49. The highest BCUT2D eigenvalue weighted by molar-refractivity contribution is 9.10. The highest BCUT2D eigenvalue weighted by atomic mass is 79.9. The van der Waals surface area contributed by atoms with E-state index in [2.05, 4.69) is 26.5 Å². The molecular formula is C17H16BrClN2O3. The van der Waals surface area contributed by atoms with Crippen LogP contribution in [-0.2, 0) is 4.79 Å². The third-order valence-corrected chi connectivity index (χ3v) is 3.93. The van der Waals surface area contributed by atoms with Crippen LogP contribution in [0.1, 0.15) is 11.1 Å². The molecule has 0 aliphatic heterocycles. The van der Waals surface area contributed by atoms with Crippen LogP contribution in [0.4, 0.5) is 0 Å². The SMILES string of the molecule is COc1ccc(/C=N/NC(=O)COc2ccc(Cl)cc2Br)cc1C. The van der Waals surface area contributed by atoms with Crippen LogP contribution in [0.5, 0.6) is 11.5 Å². The molecule has 0 aliphatic carbocycles. The topological polar surface area (TPSA) is 59.9 Å². The molecule has 0 unspecified atom stereocenters. The summed E-state index contributed by atoms with van der Waals surface area (Å²) in [4.78, 5) is 11.7. The van der Waals surface area contributed by atoms with Crippen LogP contribution in [0.3, 0.4) is 0 Å². The molecule has 0 aromatic heterocycles. The van der Waals surface area contributed by atoms with Gasteiger partial charge in [0, 0.05) is 5.02 Å². The number of halogens is 2. The number of hydrazone groups is 1. The molecule has 1 amide bonds. The number of carbonyl (C=O) groups is 1. The second-order valence-electron chi connectivity index (χ2n) is 4.89. The Morgan fingerprint density at radius 1 is 1.29 bits per heavy atom. The molecule has 0 aliphatic rings. The quantitative estimate of drug-likeness (QED) is 0.578. The molecule has 0 saturated heterocycles. The molecule has 0 heterocycles. The Hall–Kier alpha value is -2.05. The van der Waals surface area contributed by atoms with Gasteiger partial charge >= 0.3 is 0 Å². The van der Waals surface area contributed by atoms with Crippen LogP contribution in [0.2, 0.25) is 5.02 Å². The van der Waals surface area contributed by atoms with Crippen LogP contribution in [-0.4, -0.2) is 25.8 Å². The van der Waals surface area contributed by atoms with Crippen molar-refractivity contribution in [2.45, 2.75) is 6.92 Å². The van der Waals surface area contributed by atoms with Crippen molar-refractivity contribution in [2.75, 3.05) is 13.7 Å². The molecule has 2 rings (SSSR count). The van der Waals surface area contributed by atoms with Crippen molar-refractivity contribution in [1.29, 1.82) is 0 Å². The summed E-state index contributed by atoms with van der Waals surface area (Å²) in [7, 11) is 1.62. The minimum Gasteiger partial charge on any atom is -0.496 e. The lowest BCUT2D eigenvalue weighted by Crippen LogP contribution is -2.24. The number of hydrogen-bond acceptors (Lipinski definition) is 4. The van der Waals surface area contributed by atoms with Gasteiger partial charge in [0.25, 0.3) is 5.91 Å². The largest absolute Gasteiger partial charge is 0.496 e. The van der Waals surface area contributed by atoms with Gasteiger partial charge in [-0.2, -0.15) is 5.10 Å². The predicted molar refractivity (Wildman–Crippen MR) is 98.1 cm³/mol. The first-order valence-electron chi connectivity index (χ1n) is 7.04. The van der Waals surface area contributed by atoms with Gasteiger partial charge in [0.2, 0.25) is 0 Å². The molecule has 0 spiro atoms. The number of rotatable bonds is 6. The van der Waals surface area contributed by atoms with Crippen molar-refractivity contribution in [3.8, 4) is 11.5 Å². The average molecular weight is 412 g/mol. The van der Waals surface area contributed by atoms with E-state index in [0.29, 0.717) is 15.2 Å². The second-order valence-corrected chi connectivity index (χ2v) is 6.18. The molecule has 2 aromatic rings. The minimum absolute atomic E-state index is 0.154. The van der Waals surface area contributed by atoms with Crippen molar-refractivity contribution >= 4 is 39.7 Å². The molecule has 0 atom stereocenters. The number of hydrogen-bond donors (Lipinski definition) is 1. The van der Waals surface area contributed by atoms with Crippen LogP contribution in [0.15, 0.2) is 46.0 Å². The van der Waals surface area contributed by atoms with E-state index >= 15 is 0 Å². The lowest BCUT2D eigenvalue weighted by atomic mass is 10.1. The Bertz CT molecular complexity index is 765. The Balaban J connectivity index is 1.85. The maximum absolute atomic E-state index is 11.7. The molecule has 24 heavy (non-hydrogen) atoms. The normalized spacial score (nSPS) is 10.7. The lowest BCUT2D eigenvalue weighted by Gasteiger charge is -2.07. The van der Waals surface area contributed by atoms with E-state index in [0.717, 1.165) is 16.9 Å². The summed E-state index contributed by atoms with van der Waals surface area (Å²) < 4.78 is 11.3. The van der Waals surface area contributed by atoms with E-state index < -0.39 is 0 Å².